The van der Waals surface area contributed by atoms with Crippen LogP contribution in [0.4, 0.5) is 17.6 Å². The number of ether oxygens (including phenoxy) is 1. The van der Waals surface area contributed by atoms with Gasteiger partial charge in [-0.3, -0.25) is 0 Å². The Kier molecular flexibility index (Phi) is 5.40. The van der Waals surface area contributed by atoms with E-state index < -0.39 is 18.9 Å². The number of rotatable bonds is 7. The lowest BCUT2D eigenvalue weighted by Gasteiger charge is -2.16. The average Bonchev–Trinajstić information content (AvgIpc) is 2.31. The number of benzene rings is 1. The van der Waals surface area contributed by atoms with Gasteiger partial charge in [-0.05, 0) is 13.0 Å². The molecule has 0 aliphatic heterocycles. The summed E-state index contributed by atoms with van der Waals surface area (Å²) in [4.78, 5) is 0. The van der Waals surface area contributed by atoms with Crippen molar-refractivity contribution in [3.8, 4) is 5.75 Å². The van der Waals surface area contributed by atoms with E-state index in [1.54, 1.807) is 31.2 Å². The topological polar surface area (TPSA) is 21.3 Å². The van der Waals surface area contributed by atoms with E-state index in [9.17, 15) is 17.6 Å². The van der Waals surface area contributed by atoms with E-state index in [2.05, 4.69) is 5.32 Å². The minimum Gasteiger partial charge on any atom is -0.494 e. The second-order valence-corrected chi connectivity index (χ2v) is 3.71. The maximum absolute atomic E-state index is 12.7. The van der Waals surface area contributed by atoms with Crippen LogP contribution in [0.3, 0.4) is 0 Å². The van der Waals surface area contributed by atoms with E-state index in [0.29, 0.717) is 17.9 Å². The first kappa shape index (κ1) is 14.8. The maximum Gasteiger partial charge on any atom is 0.319 e. The lowest BCUT2D eigenvalue weighted by molar-refractivity contribution is -0.125. The van der Waals surface area contributed by atoms with Crippen LogP contribution in [0.15, 0.2) is 24.3 Å². The van der Waals surface area contributed by atoms with Crippen molar-refractivity contribution in [2.24, 2.45) is 0 Å². The molecule has 0 saturated carbocycles. The predicted octanol–water partition coefficient (Wildman–Crippen LogP) is 3.08. The van der Waals surface area contributed by atoms with Gasteiger partial charge in [-0.1, -0.05) is 18.2 Å². The van der Waals surface area contributed by atoms with Crippen LogP contribution >= 0.6 is 0 Å². The van der Waals surface area contributed by atoms with Crippen molar-refractivity contribution in [1.82, 2.24) is 5.32 Å². The molecule has 102 valence electrons. The molecule has 0 unspecified atom stereocenters. The van der Waals surface area contributed by atoms with Crippen LogP contribution in [0.25, 0.3) is 0 Å². The van der Waals surface area contributed by atoms with Gasteiger partial charge >= 0.3 is 12.3 Å². The third kappa shape index (κ3) is 4.18. The van der Waals surface area contributed by atoms with Gasteiger partial charge in [-0.15, -0.1) is 0 Å². The summed E-state index contributed by atoms with van der Waals surface area (Å²) in [5.74, 6) is -3.45. The van der Waals surface area contributed by atoms with Gasteiger partial charge in [-0.25, -0.2) is 8.78 Å². The van der Waals surface area contributed by atoms with Gasteiger partial charge in [0.05, 0.1) is 13.2 Å². The van der Waals surface area contributed by atoms with Gasteiger partial charge in [0.1, 0.15) is 5.75 Å². The lowest BCUT2D eigenvalue weighted by atomic mass is 10.2. The Morgan fingerprint density at radius 3 is 2.56 bits per heavy atom. The summed E-state index contributed by atoms with van der Waals surface area (Å²) in [7, 11) is 0. The fourth-order valence-electron chi connectivity index (χ4n) is 1.39. The molecule has 1 rings (SSSR count). The Morgan fingerprint density at radius 1 is 1.28 bits per heavy atom. The average molecular weight is 265 g/mol. The van der Waals surface area contributed by atoms with Crippen molar-refractivity contribution in [3.05, 3.63) is 29.8 Å². The third-order valence-corrected chi connectivity index (χ3v) is 2.27. The molecular weight excluding hydrogens is 250 g/mol. The highest BCUT2D eigenvalue weighted by Gasteiger charge is 2.39. The molecule has 0 heterocycles. The molecule has 2 nitrogen and oxygen atoms in total. The zero-order valence-electron chi connectivity index (χ0n) is 9.93. The van der Waals surface area contributed by atoms with Crippen LogP contribution in [0.1, 0.15) is 12.5 Å². The van der Waals surface area contributed by atoms with Crippen LogP contribution in [-0.4, -0.2) is 25.5 Å². The summed E-state index contributed by atoms with van der Waals surface area (Å²) in [6.45, 7) is 1.24. The Bertz CT molecular complexity index is 371. The molecule has 0 spiro atoms. The number of alkyl halides is 4. The number of halogens is 4. The minimum atomic E-state index is -4.01. The SMILES string of the molecule is CCOc1ccccc1CNCC(F)(F)C(F)F. The highest BCUT2D eigenvalue weighted by Crippen LogP contribution is 2.22. The van der Waals surface area contributed by atoms with Crippen molar-refractivity contribution in [2.75, 3.05) is 13.2 Å². The van der Waals surface area contributed by atoms with Gasteiger partial charge in [0.25, 0.3) is 0 Å². The summed E-state index contributed by atoms with van der Waals surface area (Å²) >= 11 is 0. The van der Waals surface area contributed by atoms with Crippen LogP contribution < -0.4 is 10.1 Å². The van der Waals surface area contributed by atoms with Crippen molar-refractivity contribution >= 4 is 0 Å². The molecule has 1 aromatic carbocycles. The Hall–Kier alpha value is -1.30. The molecule has 18 heavy (non-hydrogen) atoms. The molecule has 1 N–H and O–H groups in total. The summed E-state index contributed by atoms with van der Waals surface area (Å²) < 4.78 is 54.4. The number of para-hydroxylation sites is 1. The second-order valence-electron chi connectivity index (χ2n) is 3.71. The smallest absolute Gasteiger partial charge is 0.319 e. The molecule has 0 radical (unpaired) electrons. The Labute approximate surface area is 103 Å². The number of hydrogen-bond acceptors (Lipinski definition) is 2. The summed E-state index contributed by atoms with van der Waals surface area (Å²) in [5, 5.41) is 2.31. The molecule has 0 fully saturated rings. The van der Waals surface area contributed by atoms with Gasteiger partial charge in [0.15, 0.2) is 0 Å². The summed E-state index contributed by atoms with van der Waals surface area (Å²) in [6.07, 6.45) is -3.66. The zero-order valence-corrected chi connectivity index (χ0v) is 9.93. The molecule has 0 bridgehead atoms. The first-order valence-corrected chi connectivity index (χ1v) is 5.54. The first-order chi connectivity index (χ1) is 8.47. The van der Waals surface area contributed by atoms with E-state index in [4.69, 9.17) is 4.74 Å². The molecule has 0 aromatic heterocycles. The highest BCUT2D eigenvalue weighted by atomic mass is 19.3. The molecule has 0 aliphatic carbocycles. The molecule has 1 aromatic rings. The first-order valence-electron chi connectivity index (χ1n) is 5.54. The highest BCUT2D eigenvalue weighted by molar-refractivity contribution is 5.33. The lowest BCUT2D eigenvalue weighted by Crippen LogP contribution is -2.38. The van der Waals surface area contributed by atoms with Crippen molar-refractivity contribution in [3.63, 3.8) is 0 Å². The number of hydrogen-bond donors (Lipinski definition) is 1. The standard InChI is InChI=1S/C12H15F4NO/c1-2-18-10-6-4-3-5-9(10)7-17-8-12(15,16)11(13)14/h3-6,11,17H,2,7-8H2,1H3. The molecule has 0 saturated heterocycles. The van der Waals surface area contributed by atoms with E-state index in [0.717, 1.165) is 0 Å². The van der Waals surface area contributed by atoms with Gasteiger partial charge < -0.3 is 10.1 Å². The third-order valence-electron chi connectivity index (χ3n) is 2.27. The molecule has 0 atom stereocenters. The van der Waals surface area contributed by atoms with E-state index >= 15 is 0 Å². The largest absolute Gasteiger partial charge is 0.494 e. The fourth-order valence-corrected chi connectivity index (χ4v) is 1.39. The Balaban J connectivity index is 2.53. The van der Waals surface area contributed by atoms with E-state index in [-0.39, 0.29) is 6.54 Å². The predicted molar refractivity (Wildman–Crippen MR) is 60.3 cm³/mol. The fraction of sp³-hybridized carbons (Fsp3) is 0.500. The zero-order chi connectivity index (χ0) is 13.6. The van der Waals surface area contributed by atoms with Crippen LogP contribution in [0.2, 0.25) is 0 Å². The maximum atomic E-state index is 12.7. The van der Waals surface area contributed by atoms with E-state index in [1.165, 1.54) is 0 Å². The van der Waals surface area contributed by atoms with Crippen LogP contribution in [0, 0.1) is 0 Å². The van der Waals surface area contributed by atoms with Gasteiger partial charge in [0.2, 0.25) is 0 Å². The normalized spacial score (nSPS) is 11.9. The van der Waals surface area contributed by atoms with Crippen LogP contribution in [0.5, 0.6) is 5.75 Å². The molecular formula is C12H15F4NO. The second kappa shape index (κ2) is 6.58. The minimum absolute atomic E-state index is 0.0541. The van der Waals surface area contributed by atoms with Crippen LogP contribution in [-0.2, 0) is 6.54 Å². The Morgan fingerprint density at radius 2 is 1.94 bits per heavy atom. The molecule has 0 amide bonds. The van der Waals surface area contributed by atoms with Gasteiger partial charge in [0, 0.05) is 12.1 Å². The molecule has 6 heteroatoms. The van der Waals surface area contributed by atoms with Gasteiger partial charge in [-0.2, -0.15) is 8.78 Å². The summed E-state index contributed by atoms with van der Waals surface area (Å²) in [6, 6.07) is 6.87. The number of nitrogens with one attached hydrogen (secondary N) is 1. The van der Waals surface area contributed by atoms with Crippen molar-refractivity contribution in [2.45, 2.75) is 25.8 Å². The van der Waals surface area contributed by atoms with Crippen molar-refractivity contribution < 1.29 is 22.3 Å². The summed E-state index contributed by atoms with van der Waals surface area (Å²) in [5.41, 5.74) is 0.657. The molecule has 0 aliphatic rings. The van der Waals surface area contributed by atoms with Crippen molar-refractivity contribution in [1.29, 1.82) is 0 Å². The quantitative estimate of drug-likeness (QED) is 0.765. The van der Waals surface area contributed by atoms with E-state index in [1.807, 2.05) is 0 Å². The monoisotopic (exact) mass is 265 g/mol.